The van der Waals surface area contributed by atoms with E-state index in [0.717, 1.165) is 10.2 Å². The maximum atomic E-state index is 12.9. The van der Waals surface area contributed by atoms with Crippen molar-refractivity contribution in [1.82, 2.24) is 8.87 Å². The highest BCUT2D eigenvalue weighted by Crippen LogP contribution is 2.31. The number of thiazole rings is 1. The molecule has 1 aliphatic rings. The molecule has 11 heteroatoms. The number of sulfonamides is 1. The number of hydrogen-bond acceptors (Lipinski definition) is 5. The van der Waals surface area contributed by atoms with Gasteiger partial charge >= 0.3 is 0 Å². The zero-order chi connectivity index (χ0) is 23.0. The van der Waals surface area contributed by atoms with E-state index < -0.39 is 10.0 Å². The summed E-state index contributed by atoms with van der Waals surface area (Å²) in [7, 11) is -0.309. The van der Waals surface area contributed by atoms with Gasteiger partial charge < -0.3 is 9.30 Å². The number of rotatable bonds is 4. The molecule has 1 aliphatic heterocycles. The molecule has 4 rings (SSSR count). The Labute approximate surface area is 199 Å². The monoisotopic (exact) mass is 513 g/mol. The molecule has 2 aromatic carbocycles. The quantitative estimate of drug-likeness (QED) is 0.526. The van der Waals surface area contributed by atoms with Crippen molar-refractivity contribution in [3.8, 4) is 5.75 Å². The van der Waals surface area contributed by atoms with Crippen LogP contribution in [0.4, 0.5) is 0 Å². The molecule has 0 radical (unpaired) electrons. The summed E-state index contributed by atoms with van der Waals surface area (Å²) in [5, 5.41) is 1.09. The fourth-order valence-electron chi connectivity index (χ4n) is 3.71. The number of methoxy groups -OCH3 is 1. The zero-order valence-electron chi connectivity index (χ0n) is 17.4. The number of aryl methyl sites for hydroxylation is 1. The number of benzene rings is 2. The summed E-state index contributed by atoms with van der Waals surface area (Å²) >= 11 is 13.9. The van der Waals surface area contributed by atoms with Crippen molar-refractivity contribution in [2.45, 2.75) is 17.7 Å². The summed E-state index contributed by atoms with van der Waals surface area (Å²) in [5.74, 6) is -0.0128. The molecule has 170 valence electrons. The lowest BCUT2D eigenvalue weighted by Gasteiger charge is -2.29. The Kier molecular flexibility index (Phi) is 6.65. The summed E-state index contributed by atoms with van der Waals surface area (Å²) in [6.07, 6.45) is 0.821. The van der Waals surface area contributed by atoms with Crippen LogP contribution in [0.3, 0.4) is 0 Å². The van der Waals surface area contributed by atoms with Crippen LogP contribution in [0.2, 0.25) is 10.0 Å². The first-order chi connectivity index (χ1) is 15.2. The maximum absolute atomic E-state index is 12.9. The minimum Gasteiger partial charge on any atom is -0.497 e. The first-order valence-electron chi connectivity index (χ1n) is 9.88. The number of ether oxygens (including phenoxy) is 1. The third-order valence-corrected chi connectivity index (χ3v) is 9.37. The maximum Gasteiger partial charge on any atom is 0.251 e. The molecule has 0 saturated carbocycles. The van der Waals surface area contributed by atoms with E-state index in [2.05, 4.69) is 4.99 Å². The van der Waals surface area contributed by atoms with Gasteiger partial charge in [-0.25, -0.2) is 8.42 Å². The molecule has 2 heterocycles. The van der Waals surface area contributed by atoms with Crippen molar-refractivity contribution in [2.75, 3.05) is 20.2 Å². The van der Waals surface area contributed by atoms with Crippen molar-refractivity contribution in [3.05, 3.63) is 51.2 Å². The van der Waals surface area contributed by atoms with Crippen LogP contribution in [0.25, 0.3) is 10.2 Å². The lowest BCUT2D eigenvalue weighted by Crippen LogP contribution is -2.40. The molecular weight excluding hydrogens is 493 g/mol. The number of carbonyl (C=O) groups excluding carboxylic acids is 1. The molecule has 0 bridgehead atoms. The SMILES string of the molecule is COc1ccc(S(=O)(=O)N2CCC(C(=O)N=c3sc4c(Cl)ccc(Cl)c4n3C)CC2)cc1. The van der Waals surface area contributed by atoms with Gasteiger partial charge in [-0.15, -0.1) is 0 Å². The molecule has 0 unspecified atom stereocenters. The van der Waals surface area contributed by atoms with E-state index in [9.17, 15) is 13.2 Å². The van der Waals surface area contributed by atoms with E-state index in [4.69, 9.17) is 27.9 Å². The van der Waals surface area contributed by atoms with Crippen LogP contribution < -0.4 is 9.54 Å². The number of amides is 1. The van der Waals surface area contributed by atoms with Gasteiger partial charge in [0.1, 0.15) is 5.75 Å². The van der Waals surface area contributed by atoms with E-state index >= 15 is 0 Å². The van der Waals surface area contributed by atoms with Crippen molar-refractivity contribution >= 4 is 60.7 Å². The van der Waals surface area contributed by atoms with E-state index in [1.165, 1.54) is 34.9 Å². The lowest BCUT2D eigenvalue weighted by atomic mass is 9.98. The first kappa shape index (κ1) is 23.3. The topological polar surface area (TPSA) is 81.0 Å². The molecule has 0 N–H and O–H groups in total. The molecule has 1 amide bonds. The lowest BCUT2D eigenvalue weighted by molar-refractivity contribution is -0.122. The molecule has 7 nitrogen and oxygen atoms in total. The highest BCUT2D eigenvalue weighted by atomic mass is 35.5. The van der Waals surface area contributed by atoms with Gasteiger partial charge in [-0.2, -0.15) is 9.30 Å². The highest BCUT2D eigenvalue weighted by molar-refractivity contribution is 7.89. The summed E-state index contributed by atoms with van der Waals surface area (Å²) < 4.78 is 34.9. The van der Waals surface area contributed by atoms with Crippen LogP contribution in [0, 0.1) is 5.92 Å². The standard InChI is InChI=1S/C21H21Cl2N3O4S2/c1-25-18-16(22)7-8-17(23)19(18)31-21(25)24-20(27)13-9-11-26(12-10-13)32(28,29)15-5-3-14(30-2)4-6-15/h3-8,13H,9-12H2,1-2H3. The Bertz CT molecular complexity index is 1340. The van der Waals surface area contributed by atoms with Crippen LogP contribution in [0.5, 0.6) is 5.75 Å². The van der Waals surface area contributed by atoms with Crippen molar-refractivity contribution < 1.29 is 17.9 Å². The molecule has 3 aromatic rings. The highest BCUT2D eigenvalue weighted by Gasteiger charge is 2.32. The van der Waals surface area contributed by atoms with Gasteiger partial charge in [-0.05, 0) is 49.2 Å². The Morgan fingerprint density at radius 2 is 1.72 bits per heavy atom. The zero-order valence-corrected chi connectivity index (χ0v) is 20.6. The third kappa shape index (κ3) is 4.32. The second kappa shape index (κ2) is 9.15. The van der Waals surface area contributed by atoms with E-state index in [1.807, 2.05) is 0 Å². The summed E-state index contributed by atoms with van der Waals surface area (Å²) in [4.78, 5) is 17.9. The predicted octanol–water partition coefficient (Wildman–Crippen LogP) is 4.08. The smallest absolute Gasteiger partial charge is 0.251 e. The number of halogens is 2. The number of piperidine rings is 1. The van der Waals surface area contributed by atoms with E-state index in [1.54, 1.807) is 35.9 Å². The van der Waals surface area contributed by atoms with Crippen LogP contribution >= 0.6 is 34.5 Å². The van der Waals surface area contributed by atoms with Gasteiger partial charge in [0, 0.05) is 26.1 Å². The number of nitrogens with zero attached hydrogens (tertiary/aromatic N) is 3. The largest absolute Gasteiger partial charge is 0.497 e. The average molecular weight is 514 g/mol. The van der Waals surface area contributed by atoms with Gasteiger partial charge in [-0.3, -0.25) is 4.79 Å². The van der Waals surface area contributed by atoms with Gasteiger partial charge in [0.15, 0.2) is 4.80 Å². The van der Waals surface area contributed by atoms with Gasteiger partial charge in [0.05, 0.1) is 32.3 Å². The van der Waals surface area contributed by atoms with Crippen molar-refractivity contribution in [2.24, 2.45) is 18.0 Å². The predicted molar refractivity (Wildman–Crippen MR) is 126 cm³/mol. The molecule has 0 spiro atoms. The fraction of sp³-hybridized carbons (Fsp3) is 0.333. The fourth-order valence-corrected chi connectivity index (χ4v) is 6.84. The first-order valence-corrected chi connectivity index (χ1v) is 12.9. The van der Waals surface area contributed by atoms with Gasteiger partial charge in [0.25, 0.3) is 5.91 Å². The number of carbonyl (C=O) groups is 1. The van der Waals surface area contributed by atoms with Gasteiger partial charge in [0.2, 0.25) is 10.0 Å². The Morgan fingerprint density at radius 1 is 1.09 bits per heavy atom. The van der Waals surface area contributed by atoms with Gasteiger partial charge in [-0.1, -0.05) is 34.5 Å². The van der Waals surface area contributed by atoms with Crippen molar-refractivity contribution in [1.29, 1.82) is 0 Å². The summed E-state index contributed by atoms with van der Waals surface area (Å²) in [6, 6.07) is 9.71. The van der Waals surface area contributed by atoms with E-state index in [-0.39, 0.29) is 29.8 Å². The molecule has 1 aromatic heterocycles. The Balaban J connectivity index is 1.50. The van der Waals surface area contributed by atoms with Crippen LogP contribution in [0.15, 0.2) is 46.3 Å². The van der Waals surface area contributed by atoms with Crippen LogP contribution in [-0.2, 0) is 21.9 Å². The number of aromatic nitrogens is 1. The second-order valence-corrected chi connectivity index (χ2v) is 11.2. The molecule has 1 fully saturated rings. The van der Waals surface area contributed by atoms with E-state index in [0.29, 0.717) is 33.4 Å². The molecule has 1 saturated heterocycles. The Hall–Kier alpha value is -1.91. The summed E-state index contributed by atoms with van der Waals surface area (Å²) in [5.41, 5.74) is 0.733. The Morgan fingerprint density at radius 3 is 2.31 bits per heavy atom. The third-order valence-electron chi connectivity index (χ3n) is 5.56. The van der Waals surface area contributed by atoms with Crippen molar-refractivity contribution in [3.63, 3.8) is 0 Å². The average Bonchev–Trinajstić information content (AvgIpc) is 3.13. The minimum atomic E-state index is -3.62. The molecule has 0 aliphatic carbocycles. The normalized spacial score (nSPS) is 16.6. The van der Waals surface area contributed by atoms with Crippen LogP contribution in [-0.4, -0.2) is 43.4 Å². The summed E-state index contributed by atoms with van der Waals surface area (Å²) in [6.45, 7) is 0.521. The molecule has 0 atom stereocenters. The molecular formula is C21H21Cl2N3O4S2. The molecule has 32 heavy (non-hydrogen) atoms. The minimum absolute atomic E-state index is 0.207. The number of fused-ring (bicyclic) bond motifs is 1. The van der Waals surface area contributed by atoms with Crippen LogP contribution in [0.1, 0.15) is 12.8 Å². The number of hydrogen-bond donors (Lipinski definition) is 0. The second-order valence-electron chi connectivity index (χ2n) is 7.45.